The van der Waals surface area contributed by atoms with Gasteiger partial charge in [-0.05, 0) is 24.6 Å². The largest absolute Gasteiger partial charge is 0.453 e. The maximum absolute atomic E-state index is 9.39. The highest BCUT2D eigenvalue weighted by molar-refractivity contribution is 5.92. The average molecular weight is 230 g/mol. The van der Waals surface area contributed by atoms with Crippen molar-refractivity contribution < 1.29 is 9.52 Å². The molecule has 1 heterocycles. The van der Waals surface area contributed by atoms with Crippen LogP contribution in [0, 0.1) is 5.41 Å². The number of nitrogens with one attached hydrogen (secondary N) is 1. The number of nitrogens with two attached hydrogens (primary N) is 1. The molecular formula is C13H14N2O2. The second-order valence-electron chi connectivity index (χ2n) is 3.88. The van der Waals surface area contributed by atoms with Crippen LogP contribution in [-0.4, -0.2) is 10.9 Å². The van der Waals surface area contributed by atoms with Gasteiger partial charge in [-0.1, -0.05) is 24.3 Å². The number of hydrogen-bond acceptors (Lipinski definition) is 3. The van der Waals surface area contributed by atoms with Crippen LogP contribution >= 0.6 is 0 Å². The minimum atomic E-state index is -0.478. The van der Waals surface area contributed by atoms with Crippen molar-refractivity contribution in [1.82, 2.24) is 0 Å². The van der Waals surface area contributed by atoms with E-state index in [1.165, 1.54) is 0 Å². The molecule has 17 heavy (non-hydrogen) atoms. The molecule has 2 rings (SSSR count). The zero-order chi connectivity index (χ0) is 12.4. The maximum atomic E-state index is 9.39. The van der Waals surface area contributed by atoms with E-state index < -0.39 is 6.10 Å². The predicted molar refractivity (Wildman–Crippen MR) is 65.8 cm³/mol. The van der Waals surface area contributed by atoms with Gasteiger partial charge >= 0.3 is 0 Å². The van der Waals surface area contributed by atoms with Crippen molar-refractivity contribution in [3.63, 3.8) is 0 Å². The molecule has 1 atom stereocenters. The summed E-state index contributed by atoms with van der Waals surface area (Å²) in [4.78, 5) is 0. The topological polar surface area (TPSA) is 83.2 Å². The van der Waals surface area contributed by atoms with Crippen LogP contribution < -0.4 is 5.73 Å². The Hall–Kier alpha value is -2.07. The lowest BCUT2D eigenvalue weighted by molar-refractivity contribution is 0.199. The quantitative estimate of drug-likeness (QED) is 0.558. The molecule has 88 valence electrons. The van der Waals surface area contributed by atoms with Gasteiger partial charge in [-0.25, -0.2) is 0 Å². The molecule has 0 radical (unpaired) electrons. The first kappa shape index (κ1) is 11.4. The standard InChI is InChI=1S/C13H14N2O2/c1-8(16)9-2-4-10(5-3-9)11-6-7-12(17-11)13(14)15/h2-8,16H,1H3,(H3,14,15). The molecular weight excluding hydrogens is 216 g/mol. The monoisotopic (exact) mass is 230 g/mol. The molecule has 0 aliphatic rings. The summed E-state index contributed by atoms with van der Waals surface area (Å²) in [5, 5.41) is 16.6. The molecule has 0 fully saturated rings. The Bertz CT molecular complexity index is 527. The van der Waals surface area contributed by atoms with Gasteiger partial charge in [-0.3, -0.25) is 5.41 Å². The van der Waals surface area contributed by atoms with Crippen LogP contribution in [0.3, 0.4) is 0 Å². The van der Waals surface area contributed by atoms with Gasteiger partial charge in [0, 0.05) is 5.56 Å². The first-order valence-electron chi connectivity index (χ1n) is 5.30. The van der Waals surface area contributed by atoms with E-state index in [2.05, 4.69) is 0 Å². The van der Waals surface area contributed by atoms with E-state index in [9.17, 15) is 5.11 Å². The third-order valence-corrected chi connectivity index (χ3v) is 2.55. The molecule has 0 saturated heterocycles. The lowest BCUT2D eigenvalue weighted by atomic mass is 10.1. The molecule has 0 bridgehead atoms. The van der Waals surface area contributed by atoms with Crippen LogP contribution in [0.5, 0.6) is 0 Å². The van der Waals surface area contributed by atoms with Crippen LogP contribution in [0.2, 0.25) is 0 Å². The summed E-state index contributed by atoms with van der Waals surface area (Å²) in [7, 11) is 0. The highest BCUT2D eigenvalue weighted by Gasteiger charge is 2.07. The molecule has 0 spiro atoms. The summed E-state index contributed by atoms with van der Waals surface area (Å²) in [5.74, 6) is 0.934. The average Bonchev–Trinajstić information content (AvgIpc) is 2.78. The van der Waals surface area contributed by atoms with E-state index in [0.717, 1.165) is 11.1 Å². The second kappa shape index (κ2) is 4.43. The Morgan fingerprint density at radius 1 is 1.24 bits per heavy atom. The van der Waals surface area contributed by atoms with Crippen molar-refractivity contribution >= 4 is 5.84 Å². The van der Waals surface area contributed by atoms with E-state index in [4.69, 9.17) is 15.6 Å². The Kier molecular flexibility index (Phi) is 2.97. The molecule has 2 aromatic rings. The summed E-state index contributed by atoms with van der Waals surface area (Å²) >= 11 is 0. The summed E-state index contributed by atoms with van der Waals surface area (Å²) in [6.07, 6.45) is -0.478. The number of furan rings is 1. The fraction of sp³-hybridized carbons (Fsp3) is 0.154. The van der Waals surface area contributed by atoms with Crippen LogP contribution in [0.4, 0.5) is 0 Å². The number of nitrogen functional groups attached to an aromatic ring is 1. The first-order valence-corrected chi connectivity index (χ1v) is 5.30. The fourth-order valence-electron chi connectivity index (χ4n) is 1.56. The fourth-order valence-corrected chi connectivity index (χ4v) is 1.56. The third-order valence-electron chi connectivity index (χ3n) is 2.55. The van der Waals surface area contributed by atoms with Gasteiger partial charge in [-0.15, -0.1) is 0 Å². The molecule has 4 N–H and O–H groups in total. The van der Waals surface area contributed by atoms with E-state index in [1.807, 2.05) is 24.3 Å². The number of aliphatic hydroxyl groups excluding tert-OH is 1. The predicted octanol–water partition coefficient (Wildman–Crippen LogP) is 2.28. The Morgan fingerprint density at radius 2 is 1.88 bits per heavy atom. The van der Waals surface area contributed by atoms with E-state index in [1.54, 1.807) is 19.1 Å². The lowest BCUT2D eigenvalue weighted by Gasteiger charge is -2.04. The Balaban J connectivity index is 2.30. The molecule has 4 nitrogen and oxygen atoms in total. The van der Waals surface area contributed by atoms with Crippen molar-refractivity contribution in [2.75, 3.05) is 0 Å². The molecule has 1 aromatic carbocycles. The third kappa shape index (κ3) is 2.37. The highest BCUT2D eigenvalue weighted by Crippen LogP contribution is 2.23. The van der Waals surface area contributed by atoms with Crippen LogP contribution in [0.25, 0.3) is 11.3 Å². The van der Waals surface area contributed by atoms with Gasteiger partial charge < -0.3 is 15.3 Å². The van der Waals surface area contributed by atoms with Crippen LogP contribution in [0.15, 0.2) is 40.8 Å². The van der Waals surface area contributed by atoms with E-state index in [0.29, 0.717) is 11.5 Å². The zero-order valence-electron chi connectivity index (χ0n) is 9.47. The van der Waals surface area contributed by atoms with Gasteiger partial charge in [0.25, 0.3) is 0 Å². The summed E-state index contributed by atoms with van der Waals surface area (Å²) < 4.78 is 5.42. The summed E-state index contributed by atoms with van der Waals surface area (Å²) in [6.45, 7) is 1.72. The number of amidine groups is 1. The summed E-state index contributed by atoms with van der Waals surface area (Å²) in [6, 6.07) is 10.9. The number of aliphatic hydroxyl groups is 1. The van der Waals surface area contributed by atoms with Crippen molar-refractivity contribution in [3.05, 3.63) is 47.7 Å². The molecule has 1 unspecified atom stereocenters. The molecule has 4 heteroatoms. The second-order valence-corrected chi connectivity index (χ2v) is 3.88. The smallest absolute Gasteiger partial charge is 0.168 e. The Labute approximate surface area is 99.2 Å². The number of hydrogen-bond donors (Lipinski definition) is 3. The van der Waals surface area contributed by atoms with Gasteiger partial charge in [0.15, 0.2) is 11.6 Å². The molecule has 0 amide bonds. The summed E-state index contributed by atoms with van der Waals surface area (Å²) in [5.41, 5.74) is 7.07. The zero-order valence-corrected chi connectivity index (χ0v) is 9.47. The van der Waals surface area contributed by atoms with E-state index in [-0.39, 0.29) is 5.84 Å². The van der Waals surface area contributed by atoms with Crippen LogP contribution in [-0.2, 0) is 0 Å². The van der Waals surface area contributed by atoms with Gasteiger partial charge in [0.05, 0.1) is 6.10 Å². The number of rotatable bonds is 3. The van der Waals surface area contributed by atoms with Crippen LogP contribution in [0.1, 0.15) is 24.4 Å². The van der Waals surface area contributed by atoms with Gasteiger partial charge in [0.2, 0.25) is 0 Å². The minimum Gasteiger partial charge on any atom is -0.453 e. The highest BCUT2D eigenvalue weighted by atomic mass is 16.3. The first-order chi connectivity index (χ1) is 8.08. The minimum absolute atomic E-state index is 0.0862. The van der Waals surface area contributed by atoms with Gasteiger partial charge in [0.1, 0.15) is 5.76 Å². The Morgan fingerprint density at radius 3 is 2.35 bits per heavy atom. The van der Waals surface area contributed by atoms with Crippen molar-refractivity contribution in [3.8, 4) is 11.3 Å². The maximum Gasteiger partial charge on any atom is 0.168 e. The van der Waals surface area contributed by atoms with Crippen molar-refractivity contribution in [2.24, 2.45) is 5.73 Å². The SMILES string of the molecule is CC(O)c1ccc(-c2ccc(C(=N)N)o2)cc1. The molecule has 0 aliphatic carbocycles. The lowest BCUT2D eigenvalue weighted by Crippen LogP contribution is -2.09. The number of benzene rings is 1. The normalized spacial score (nSPS) is 12.4. The van der Waals surface area contributed by atoms with Crippen molar-refractivity contribution in [2.45, 2.75) is 13.0 Å². The van der Waals surface area contributed by atoms with Crippen molar-refractivity contribution in [1.29, 1.82) is 5.41 Å². The van der Waals surface area contributed by atoms with E-state index >= 15 is 0 Å². The molecule has 0 saturated carbocycles. The molecule has 0 aliphatic heterocycles. The van der Waals surface area contributed by atoms with Gasteiger partial charge in [-0.2, -0.15) is 0 Å². The molecule has 1 aromatic heterocycles.